The quantitative estimate of drug-likeness (QED) is 0.794. The molecule has 0 radical (unpaired) electrons. The lowest BCUT2D eigenvalue weighted by Crippen LogP contribution is -2.29. The van der Waals surface area contributed by atoms with E-state index in [1.165, 1.54) is 0 Å². The Morgan fingerprint density at radius 2 is 2.20 bits per heavy atom. The van der Waals surface area contributed by atoms with Crippen LogP contribution in [0.4, 0.5) is 5.82 Å². The maximum Gasteiger partial charge on any atom is 0.147 e. The molecule has 0 aromatic carbocycles. The summed E-state index contributed by atoms with van der Waals surface area (Å²) in [4.78, 5) is 10.9. The van der Waals surface area contributed by atoms with E-state index < -0.39 is 0 Å². The first-order valence-electron chi connectivity index (χ1n) is 5.37. The molecule has 0 aliphatic carbocycles. The van der Waals surface area contributed by atoms with Gasteiger partial charge in [-0.2, -0.15) is 0 Å². The Balaban J connectivity index is 2.80. The predicted octanol–water partition coefficient (Wildman–Crippen LogP) is 1.43. The summed E-state index contributed by atoms with van der Waals surface area (Å²) in [6, 6.07) is 0.490. The van der Waals surface area contributed by atoms with Gasteiger partial charge in [0.15, 0.2) is 0 Å². The van der Waals surface area contributed by atoms with Crippen LogP contribution in [0.5, 0.6) is 0 Å². The van der Waals surface area contributed by atoms with Crippen LogP contribution in [0, 0.1) is 0 Å². The Labute approximate surface area is 91.7 Å². The standard InChI is InChI=1S/C11H20N4/c1-5-9(2)15(4)11-8-13-7-10(14-11)6-12-3/h7-9,12H,5-6H2,1-4H3. The van der Waals surface area contributed by atoms with Crippen LogP contribution < -0.4 is 10.2 Å². The molecule has 0 saturated heterocycles. The Hall–Kier alpha value is -1.16. The van der Waals surface area contributed by atoms with Crippen LogP contribution in [0.3, 0.4) is 0 Å². The van der Waals surface area contributed by atoms with Gasteiger partial charge < -0.3 is 10.2 Å². The van der Waals surface area contributed by atoms with Crippen molar-refractivity contribution in [3.8, 4) is 0 Å². The van der Waals surface area contributed by atoms with Gasteiger partial charge in [-0.3, -0.25) is 4.98 Å². The van der Waals surface area contributed by atoms with E-state index in [0.717, 1.165) is 24.5 Å². The highest BCUT2D eigenvalue weighted by Crippen LogP contribution is 2.12. The predicted molar refractivity (Wildman–Crippen MR) is 63.0 cm³/mol. The molecule has 0 spiro atoms. The van der Waals surface area contributed by atoms with E-state index in [0.29, 0.717) is 6.04 Å². The minimum atomic E-state index is 0.490. The normalized spacial score (nSPS) is 12.5. The van der Waals surface area contributed by atoms with Crippen molar-refractivity contribution in [1.29, 1.82) is 0 Å². The number of rotatable bonds is 5. The third-order valence-corrected chi connectivity index (χ3v) is 2.64. The van der Waals surface area contributed by atoms with Gasteiger partial charge in [0.25, 0.3) is 0 Å². The fourth-order valence-electron chi connectivity index (χ4n) is 1.33. The van der Waals surface area contributed by atoms with Crippen molar-refractivity contribution in [2.75, 3.05) is 19.0 Å². The molecule has 84 valence electrons. The number of hydrogen-bond donors (Lipinski definition) is 1. The van der Waals surface area contributed by atoms with Gasteiger partial charge in [-0.25, -0.2) is 4.98 Å². The molecule has 1 N–H and O–H groups in total. The molecule has 15 heavy (non-hydrogen) atoms. The lowest BCUT2D eigenvalue weighted by molar-refractivity contribution is 0.652. The van der Waals surface area contributed by atoms with Gasteiger partial charge in [0.1, 0.15) is 5.82 Å². The maximum atomic E-state index is 4.53. The molecule has 0 amide bonds. The molecule has 4 nitrogen and oxygen atoms in total. The number of nitrogens with one attached hydrogen (secondary N) is 1. The van der Waals surface area contributed by atoms with Gasteiger partial charge in [-0.1, -0.05) is 6.92 Å². The molecule has 0 aliphatic heterocycles. The van der Waals surface area contributed by atoms with E-state index in [1.54, 1.807) is 6.20 Å². The van der Waals surface area contributed by atoms with Crippen molar-refractivity contribution in [3.63, 3.8) is 0 Å². The summed E-state index contributed by atoms with van der Waals surface area (Å²) in [6.07, 6.45) is 4.71. The highest BCUT2D eigenvalue weighted by atomic mass is 15.2. The lowest BCUT2D eigenvalue weighted by atomic mass is 10.2. The summed E-state index contributed by atoms with van der Waals surface area (Å²) >= 11 is 0. The maximum absolute atomic E-state index is 4.53. The molecule has 0 fully saturated rings. The molecule has 1 aromatic rings. The average Bonchev–Trinajstić information content (AvgIpc) is 2.28. The third kappa shape index (κ3) is 3.16. The number of nitrogens with zero attached hydrogens (tertiary/aromatic N) is 3. The molecule has 0 bridgehead atoms. The molecule has 0 saturated carbocycles. The fraction of sp³-hybridized carbons (Fsp3) is 0.636. The van der Waals surface area contributed by atoms with Gasteiger partial charge in [-0.15, -0.1) is 0 Å². The highest BCUT2D eigenvalue weighted by Gasteiger charge is 2.09. The molecule has 1 heterocycles. The van der Waals surface area contributed by atoms with Crippen LogP contribution in [-0.2, 0) is 6.54 Å². The Morgan fingerprint density at radius 1 is 1.47 bits per heavy atom. The van der Waals surface area contributed by atoms with Gasteiger partial charge in [-0.05, 0) is 20.4 Å². The molecule has 1 rings (SSSR count). The van der Waals surface area contributed by atoms with Gasteiger partial charge >= 0.3 is 0 Å². The van der Waals surface area contributed by atoms with Crippen molar-refractivity contribution in [2.45, 2.75) is 32.9 Å². The van der Waals surface area contributed by atoms with Crippen molar-refractivity contribution in [1.82, 2.24) is 15.3 Å². The first-order chi connectivity index (χ1) is 7.19. The first kappa shape index (κ1) is 11.9. The van der Waals surface area contributed by atoms with E-state index in [1.807, 2.05) is 13.2 Å². The van der Waals surface area contributed by atoms with Crippen molar-refractivity contribution in [3.05, 3.63) is 18.1 Å². The molecule has 1 atom stereocenters. The minimum absolute atomic E-state index is 0.490. The Bertz CT molecular complexity index is 300. The number of aromatic nitrogens is 2. The third-order valence-electron chi connectivity index (χ3n) is 2.64. The summed E-state index contributed by atoms with van der Waals surface area (Å²) in [6.45, 7) is 5.12. The largest absolute Gasteiger partial charge is 0.356 e. The SMILES string of the molecule is CCC(C)N(C)c1cncc(CNC)n1. The monoisotopic (exact) mass is 208 g/mol. The zero-order chi connectivity index (χ0) is 11.3. The highest BCUT2D eigenvalue weighted by molar-refractivity contribution is 5.36. The molecule has 0 aliphatic rings. The molecular formula is C11H20N4. The summed E-state index contributed by atoms with van der Waals surface area (Å²) in [7, 11) is 3.97. The van der Waals surface area contributed by atoms with Crippen LogP contribution in [-0.4, -0.2) is 30.1 Å². The topological polar surface area (TPSA) is 41.1 Å². The zero-order valence-corrected chi connectivity index (χ0v) is 9.99. The van der Waals surface area contributed by atoms with Crippen LogP contribution in [0.15, 0.2) is 12.4 Å². The van der Waals surface area contributed by atoms with E-state index in [9.17, 15) is 0 Å². The number of hydrogen-bond acceptors (Lipinski definition) is 4. The van der Waals surface area contributed by atoms with Gasteiger partial charge in [0, 0.05) is 25.8 Å². The summed E-state index contributed by atoms with van der Waals surface area (Å²) < 4.78 is 0. The smallest absolute Gasteiger partial charge is 0.147 e. The Kier molecular flexibility index (Phi) is 4.49. The van der Waals surface area contributed by atoms with Crippen LogP contribution in [0.2, 0.25) is 0 Å². The minimum Gasteiger partial charge on any atom is -0.356 e. The average molecular weight is 208 g/mol. The van der Waals surface area contributed by atoms with Gasteiger partial charge in [0.05, 0.1) is 11.9 Å². The van der Waals surface area contributed by atoms with E-state index >= 15 is 0 Å². The van der Waals surface area contributed by atoms with Crippen molar-refractivity contribution >= 4 is 5.82 Å². The second-order valence-corrected chi connectivity index (χ2v) is 3.77. The number of anilines is 1. The Morgan fingerprint density at radius 3 is 2.80 bits per heavy atom. The zero-order valence-electron chi connectivity index (χ0n) is 9.99. The van der Waals surface area contributed by atoms with E-state index in [4.69, 9.17) is 0 Å². The van der Waals surface area contributed by atoms with E-state index in [2.05, 4.69) is 41.1 Å². The first-order valence-corrected chi connectivity index (χ1v) is 5.37. The van der Waals surface area contributed by atoms with Gasteiger partial charge in [0.2, 0.25) is 0 Å². The van der Waals surface area contributed by atoms with Crippen LogP contribution in [0.1, 0.15) is 26.0 Å². The van der Waals surface area contributed by atoms with Crippen LogP contribution in [0.25, 0.3) is 0 Å². The molecular weight excluding hydrogens is 188 g/mol. The lowest BCUT2D eigenvalue weighted by Gasteiger charge is -2.24. The van der Waals surface area contributed by atoms with Crippen LogP contribution >= 0.6 is 0 Å². The second-order valence-electron chi connectivity index (χ2n) is 3.77. The summed E-state index contributed by atoms with van der Waals surface area (Å²) in [5, 5.41) is 3.07. The van der Waals surface area contributed by atoms with E-state index in [-0.39, 0.29) is 0 Å². The summed E-state index contributed by atoms with van der Waals surface area (Å²) in [5.41, 5.74) is 0.977. The van der Waals surface area contributed by atoms with Crippen molar-refractivity contribution in [2.24, 2.45) is 0 Å². The fourth-order valence-corrected chi connectivity index (χ4v) is 1.33. The summed E-state index contributed by atoms with van der Waals surface area (Å²) in [5.74, 6) is 0.942. The molecule has 4 heteroatoms. The van der Waals surface area contributed by atoms with Crippen molar-refractivity contribution < 1.29 is 0 Å². The molecule has 1 aromatic heterocycles. The second kappa shape index (κ2) is 5.66. The molecule has 1 unspecified atom stereocenters.